The number of alkyl halides is 3. The number of sulfone groups is 1. The Labute approximate surface area is 101 Å². The summed E-state index contributed by atoms with van der Waals surface area (Å²) in [4.78, 5) is 22.3. The average molecular weight is 292 g/mol. The van der Waals surface area contributed by atoms with Gasteiger partial charge in [-0.25, -0.2) is 8.42 Å². The molecule has 0 radical (unpaired) electrons. The van der Waals surface area contributed by atoms with Gasteiger partial charge in [0.25, 0.3) is 15.1 Å². The van der Waals surface area contributed by atoms with E-state index in [-0.39, 0.29) is 13.2 Å². The van der Waals surface area contributed by atoms with Crippen LogP contribution in [0.25, 0.3) is 0 Å². The van der Waals surface area contributed by atoms with Gasteiger partial charge >= 0.3 is 17.4 Å². The average Bonchev–Trinajstić information content (AvgIpc) is 2.16. The molecule has 0 heterocycles. The van der Waals surface area contributed by atoms with Crippen molar-refractivity contribution in [2.45, 2.75) is 24.6 Å². The second-order valence-corrected chi connectivity index (χ2v) is 4.90. The molecule has 0 aromatic heterocycles. The first-order chi connectivity index (χ1) is 8.09. The molecule has 18 heavy (non-hydrogen) atoms. The molecule has 0 spiro atoms. The topological polar surface area (TPSA) is 86.7 Å². The molecular formula is C8H11F3O6S. The number of rotatable bonds is 5. The first-order valence-electron chi connectivity index (χ1n) is 4.73. The lowest BCUT2D eigenvalue weighted by Crippen LogP contribution is -2.46. The van der Waals surface area contributed by atoms with Crippen molar-refractivity contribution in [2.75, 3.05) is 13.2 Å². The molecule has 0 atom stereocenters. The maximum atomic E-state index is 12.3. The van der Waals surface area contributed by atoms with Crippen LogP contribution in [0.5, 0.6) is 0 Å². The molecule has 0 fully saturated rings. The van der Waals surface area contributed by atoms with Crippen molar-refractivity contribution in [1.29, 1.82) is 0 Å². The fourth-order valence-electron chi connectivity index (χ4n) is 0.919. The van der Waals surface area contributed by atoms with E-state index in [2.05, 4.69) is 9.47 Å². The molecule has 10 heteroatoms. The number of carbonyl (C=O) groups excluding carboxylic acids is 2. The molecule has 0 amide bonds. The van der Waals surface area contributed by atoms with E-state index in [0.29, 0.717) is 0 Å². The van der Waals surface area contributed by atoms with Crippen LogP contribution in [0.2, 0.25) is 0 Å². The van der Waals surface area contributed by atoms with Crippen LogP contribution >= 0.6 is 0 Å². The van der Waals surface area contributed by atoms with Crippen LogP contribution in [-0.4, -0.2) is 44.3 Å². The van der Waals surface area contributed by atoms with Crippen molar-refractivity contribution in [3.63, 3.8) is 0 Å². The van der Waals surface area contributed by atoms with Gasteiger partial charge < -0.3 is 9.47 Å². The zero-order chi connectivity index (χ0) is 14.6. The molecule has 0 bridgehead atoms. The summed E-state index contributed by atoms with van der Waals surface area (Å²) in [5, 5.41) is -3.04. The molecule has 0 aliphatic rings. The van der Waals surface area contributed by atoms with Crippen molar-refractivity contribution >= 4 is 21.8 Å². The maximum Gasteiger partial charge on any atom is 0.498 e. The van der Waals surface area contributed by atoms with Crippen LogP contribution in [0.4, 0.5) is 13.2 Å². The van der Waals surface area contributed by atoms with Gasteiger partial charge in [0.2, 0.25) is 0 Å². The number of carbonyl (C=O) groups is 2. The standard InChI is InChI=1S/C8H11F3O6S/c1-3-16-6(12)5(7(13)17-4-2)18(14,15)8(9,10)11/h5H,3-4H2,1-2H3. The Morgan fingerprint density at radius 2 is 1.39 bits per heavy atom. The van der Waals surface area contributed by atoms with Crippen molar-refractivity contribution in [3.8, 4) is 0 Å². The summed E-state index contributed by atoms with van der Waals surface area (Å²) in [6, 6.07) is 0. The van der Waals surface area contributed by atoms with Crippen LogP contribution in [-0.2, 0) is 28.9 Å². The fraction of sp³-hybridized carbons (Fsp3) is 0.750. The highest BCUT2D eigenvalue weighted by Gasteiger charge is 2.58. The second kappa shape index (κ2) is 6.03. The minimum atomic E-state index is -6.03. The van der Waals surface area contributed by atoms with Crippen molar-refractivity contribution < 1.29 is 40.7 Å². The summed E-state index contributed by atoms with van der Waals surface area (Å²) in [7, 11) is -6.03. The highest BCUT2D eigenvalue weighted by molar-refractivity contribution is 7.94. The molecule has 106 valence electrons. The van der Waals surface area contributed by atoms with Gasteiger partial charge in [-0.2, -0.15) is 13.2 Å². The zero-order valence-electron chi connectivity index (χ0n) is 9.48. The lowest BCUT2D eigenvalue weighted by atomic mass is 10.4. The van der Waals surface area contributed by atoms with Crippen molar-refractivity contribution in [1.82, 2.24) is 0 Å². The highest BCUT2D eigenvalue weighted by atomic mass is 32.2. The van der Waals surface area contributed by atoms with E-state index in [1.807, 2.05) is 0 Å². The van der Waals surface area contributed by atoms with Crippen molar-refractivity contribution in [2.24, 2.45) is 0 Å². The normalized spacial score (nSPS) is 12.3. The summed E-state index contributed by atoms with van der Waals surface area (Å²) in [5.74, 6) is -3.62. The molecular weight excluding hydrogens is 281 g/mol. The van der Waals surface area contributed by atoms with Gasteiger partial charge in [-0.15, -0.1) is 0 Å². The summed E-state index contributed by atoms with van der Waals surface area (Å²) < 4.78 is 67.2. The first kappa shape index (κ1) is 16.7. The molecule has 0 aromatic carbocycles. The number of halogens is 3. The Bertz CT molecular complexity index is 395. The molecule has 0 aliphatic carbocycles. The summed E-state index contributed by atoms with van der Waals surface area (Å²) in [5.41, 5.74) is -5.75. The Morgan fingerprint density at radius 3 is 1.61 bits per heavy atom. The molecule has 0 rings (SSSR count). The molecule has 0 unspecified atom stereocenters. The predicted molar refractivity (Wildman–Crippen MR) is 52.0 cm³/mol. The Balaban J connectivity index is 5.50. The largest absolute Gasteiger partial charge is 0.498 e. The number of hydrogen-bond donors (Lipinski definition) is 0. The van der Waals surface area contributed by atoms with Crippen LogP contribution in [0.3, 0.4) is 0 Å². The SMILES string of the molecule is CCOC(=O)C(C(=O)OCC)S(=O)(=O)C(F)(F)F. The van der Waals surface area contributed by atoms with Gasteiger partial charge in [-0.05, 0) is 13.8 Å². The number of hydrogen-bond acceptors (Lipinski definition) is 6. The minimum absolute atomic E-state index is 0.373. The van der Waals surface area contributed by atoms with Gasteiger partial charge in [0, 0.05) is 0 Å². The lowest BCUT2D eigenvalue weighted by Gasteiger charge is -2.16. The van der Waals surface area contributed by atoms with E-state index in [0.717, 1.165) is 0 Å². The van der Waals surface area contributed by atoms with Gasteiger partial charge in [-0.3, -0.25) is 9.59 Å². The summed E-state index contributed by atoms with van der Waals surface area (Å²) in [6.07, 6.45) is 0. The van der Waals surface area contributed by atoms with E-state index >= 15 is 0 Å². The zero-order valence-corrected chi connectivity index (χ0v) is 10.3. The monoisotopic (exact) mass is 292 g/mol. The Kier molecular flexibility index (Phi) is 5.58. The third-order valence-electron chi connectivity index (χ3n) is 1.63. The quantitative estimate of drug-likeness (QED) is 0.539. The van der Waals surface area contributed by atoms with E-state index in [1.165, 1.54) is 13.8 Å². The molecule has 6 nitrogen and oxygen atoms in total. The second-order valence-electron chi connectivity index (χ2n) is 2.87. The van der Waals surface area contributed by atoms with Gasteiger partial charge in [0.15, 0.2) is 0 Å². The third-order valence-corrected chi connectivity index (χ3v) is 3.28. The maximum absolute atomic E-state index is 12.3. The smallest absolute Gasteiger partial charge is 0.465 e. The molecule has 0 saturated heterocycles. The minimum Gasteiger partial charge on any atom is -0.465 e. The van der Waals surface area contributed by atoms with Gasteiger partial charge in [-0.1, -0.05) is 0 Å². The first-order valence-corrected chi connectivity index (χ1v) is 6.27. The van der Waals surface area contributed by atoms with Crippen LogP contribution in [0, 0.1) is 0 Å². The van der Waals surface area contributed by atoms with Crippen molar-refractivity contribution in [3.05, 3.63) is 0 Å². The lowest BCUT2D eigenvalue weighted by molar-refractivity contribution is -0.154. The molecule has 0 aromatic rings. The molecule has 0 N–H and O–H groups in total. The molecule has 0 aliphatic heterocycles. The molecule has 0 saturated carbocycles. The third kappa shape index (κ3) is 3.59. The highest BCUT2D eigenvalue weighted by Crippen LogP contribution is 2.28. The van der Waals surface area contributed by atoms with Crippen LogP contribution < -0.4 is 0 Å². The predicted octanol–water partition coefficient (Wildman–Crippen LogP) is 0.416. The Morgan fingerprint density at radius 1 is 1.06 bits per heavy atom. The van der Waals surface area contributed by atoms with E-state index in [4.69, 9.17) is 0 Å². The number of esters is 2. The van der Waals surface area contributed by atoms with Gasteiger partial charge in [0.05, 0.1) is 13.2 Å². The summed E-state index contributed by atoms with van der Waals surface area (Å²) in [6.45, 7) is 1.75. The van der Waals surface area contributed by atoms with E-state index in [9.17, 15) is 31.2 Å². The van der Waals surface area contributed by atoms with E-state index < -0.39 is 32.5 Å². The summed E-state index contributed by atoms with van der Waals surface area (Å²) >= 11 is 0. The fourth-order valence-corrected chi connectivity index (χ4v) is 1.83. The Hall–Kier alpha value is -1.32. The van der Waals surface area contributed by atoms with Crippen LogP contribution in [0.15, 0.2) is 0 Å². The van der Waals surface area contributed by atoms with Crippen LogP contribution in [0.1, 0.15) is 13.8 Å². The van der Waals surface area contributed by atoms with Gasteiger partial charge in [0.1, 0.15) is 0 Å². The van der Waals surface area contributed by atoms with E-state index in [1.54, 1.807) is 0 Å². The number of ether oxygens (including phenoxy) is 2.